The van der Waals surface area contributed by atoms with Gasteiger partial charge in [-0.25, -0.2) is 4.39 Å². The largest absolute Gasteiger partial charge is 0.497 e. The Labute approximate surface area is 177 Å². The van der Waals surface area contributed by atoms with Crippen LogP contribution in [-0.2, 0) is 16.1 Å². The number of rotatable bonds is 10. The van der Waals surface area contributed by atoms with Crippen molar-refractivity contribution >= 4 is 11.8 Å². The molecule has 0 saturated carbocycles. The zero-order valence-electron chi connectivity index (χ0n) is 17.9. The quantitative estimate of drug-likeness (QED) is 0.643. The number of benzene rings is 2. The summed E-state index contributed by atoms with van der Waals surface area (Å²) in [6.07, 6.45) is 0.788. The molecule has 0 heterocycles. The maximum Gasteiger partial charge on any atom is 0.261 e. The molecular formula is C23H29FN2O4. The lowest BCUT2D eigenvalue weighted by atomic mass is 10.1. The minimum Gasteiger partial charge on any atom is -0.497 e. The summed E-state index contributed by atoms with van der Waals surface area (Å²) in [6, 6.07) is 12.1. The second kappa shape index (κ2) is 11.2. The van der Waals surface area contributed by atoms with Gasteiger partial charge in [0.25, 0.3) is 5.91 Å². The van der Waals surface area contributed by atoms with Crippen molar-refractivity contribution in [2.75, 3.05) is 13.7 Å². The Bertz CT molecular complexity index is 841. The number of carbonyl (C=O) groups is 2. The van der Waals surface area contributed by atoms with E-state index in [1.807, 2.05) is 38.1 Å². The number of nitrogens with zero attached hydrogens (tertiary/aromatic N) is 1. The Morgan fingerprint density at radius 2 is 1.80 bits per heavy atom. The fourth-order valence-electron chi connectivity index (χ4n) is 2.77. The van der Waals surface area contributed by atoms with Gasteiger partial charge in [0.15, 0.2) is 6.61 Å². The van der Waals surface area contributed by atoms with E-state index in [0.717, 1.165) is 12.0 Å². The van der Waals surface area contributed by atoms with Gasteiger partial charge in [-0.3, -0.25) is 9.59 Å². The fourth-order valence-corrected chi connectivity index (χ4v) is 2.77. The molecule has 2 aromatic carbocycles. The van der Waals surface area contributed by atoms with Gasteiger partial charge >= 0.3 is 0 Å². The van der Waals surface area contributed by atoms with Crippen LogP contribution < -0.4 is 14.8 Å². The van der Waals surface area contributed by atoms with E-state index < -0.39 is 6.04 Å². The van der Waals surface area contributed by atoms with E-state index in [9.17, 15) is 14.0 Å². The predicted molar refractivity (Wildman–Crippen MR) is 113 cm³/mol. The monoisotopic (exact) mass is 416 g/mol. The van der Waals surface area contributed by atoms with E-state index >= 15 is 0 Å². The molecule has 0 radical (unpaired) electrons. The summed E-state index contributed by atoms with van der Waals surface area (Å²) in [5, 5.41) is 2.91. The highest BCUT2D eigenvalue weighted by molar-refractivity contribution is 5.88. The van der Waals surface area contributed by atoms with Crippen LogP contribution >= 0.6 is 0 Å². The minimum atomic E-state index is -0.700. The maximum absolute atomic E-state index is 13.1. The molecule has 0 aliphatic heterocycles. The maximum atomic E-state index is 13.1. The molecular weight excluding hydrogens is 387 g/mol. The first kappa shape index (κ1) is 23.2. The number of carbonyl (C=O) groups excluding carboxylic acids is 2. The Morgan fingerprint density at radius 1 is 1.10 bits per heavy atom. The van der Waals surface area contributed by atoms with Crippen LogP contribution in [0.15, 0.2) is 48.5 Å². The summed E-state index contributed by atoms with van der Waals surface area (Å²) in [6.45, 7) is 5.53. The molecule has 2 atom stereocenters. The van der Waals surface area contributed by atoms with E-state index in [2.05, 4.69) is 5.32 Å². The molecule has 6 nitrogen and oxygen atoms in total. The molecule has 0 saturated heterocycles. The van der Waals surface area contributed by atoms with Gasteiger partial charge in [-0.1, -0.05) is 19.1 Å². The second-order valence-electron chi connectivity index (χ2n) is 7.11. The average molecular weight is 416 g/mol. The van der Waals surface area contributed by atoms with Crippen molar-refractivity contribution < 1.29 is 23.5 Å². The van der Waals surface area contributed by atoms with Crippen LogP contribution in [0.2, 0.25) is 0 Å². The van der Waals surface area contributed by atoms with Crippen molar-refractivity contribution in [2.24, 2.45) is 0 Å². The molecule has 0 aliphatic rings. The molecule has 2 amide bonds. The SMILES string of the molecule is CC[C@H](C)NC(=O)[C@@H](C)N(Cc1cccc(OC)c1)C(=O)COc1ccc(F)cc1. The highest BCUT2D eigenvalue weighted by Gasteiger charge is 2.27. The first-order valence-electron chi connectivity index (χ1n) is 9.95. The zero-order valence-corrected chi connectivity index (χ0v) is 17.9. The van der Waals surface area contributed by atoms with Crippen molar-refractivity contribution in [3.05, 3.63) is 59.9 Å². The summed E-state index contributed by atoms with van der Waals surface area (Å²) >= 11 is 0. The summed E-state index contributed by atoms with van der Waals surface area (Å²) in [5.41, 5.74) is 0.827. The lowest BCUT2D eigenvalue weighted by Gasteiger charge is -2.29. The number of hydrogen-bond acceptors (Lipinski definition) is 4. The van der Waals surface area contributed by atoms with E-state index in [-0.39, 0.29) is 36.8 Å². The summed E-state index contributed by atoms with van der Waals surface area (Å²) in [4.78, 5) is 27.1. The van der Waals surface area contributed by atoms with Crippen molar-refractivity contribution in [1.29, 1.82) is 0 Å². The van der Waals surface area contributed by atoms with Gasteiger partial charge in [0.05, 0.1) is 7.11 Å². The van der Waals surface area contributed by atoms with Gasteiger partial charge in [0.2, 0.25) is 5.91 Å². The van der Waals surface area contributed by atoms with Crippen LogP contribution in [-0.4, -0.2) is 42.5 Å². The predicted octanol–water partition coefficient (Wildman–Crippen LogP) is 3.55. The molecule has 0 aromatic heterocycles. The highest BCUT2D eigenvalue weighted by Crippen LogP contribution is 2.17. The molecule has 0 spiro atoms. The normalized spacial score (nSPS) is 12.6. The third-order valence-corrected chi connectivity index (χ3v) is 4.83. The lowest BCUT2D eigenvalue weighted by molar-refractivity contribution is -0.142. The molecule has 0 unspecified atom stereocenters. The van der Waals surface area contributed by atoms with Crippen LogP contribution in [0.4, 0.5) is 4.39 Å². The van der Waals surface area contributed by atoms with E-state index in [1.165, 1.54) is 29.2 Å². The molecule has 0 aliphatic carbocycles. The Balaban J connectivity index is 2.16. The van der Waals surface area contributed by atoms with E-state index in [0.29, 0.717) is 11.5 Å². The third kappa shape index (κ3) is 6.76. The standard InChI is InChI=1S/C23H29FN2O4/c1-5-16(2)25-23(28)17(3)26(14-18-7-6-8-21(13-18)29-4)22(27)15-30-20-11-9-19(24)10-12-20/h6-13,16-17H,5,14-15H2,1-4H3,(H,25,28)/t16-,17+/m0/s1. The number of halogens is 1. The van der Waals surface area contributed by atoms with Gasteiger partial charge in [-0.15, -0.1) is 0 Å². The second-order valence-corrected chi connectivity index (χ2v) is 7.11. The number of methoxy groups -OCH3 is 1. The van der Waals surface area contributed by atoms with Gasteiger partial charge in [-0.05, 0) is 62.2 Å². The molecule has 0 fully saturated rings. The smallest absolute Gasteiger partial charge is 0.261 e. The molecule has 162 valence electrons. The molecule has 2 aromatic rings. The first-order valence-corrected chi connectivity index (χ1v) is 9.95. The summed E-state index contributed by atoms with van der Waals surface area (Å²) < 4.78 is 23.8. The van der Waals surface area contributed by atoms with Crippen LogP contribution in [0, 0.1) is 5.82 Å². The van der Waals surface area contributed by atoms with Gasteiger partial charge < -0.3 is 19.7 Å². The van der Waals surface area contributed by atoms with Crippen molar-refractivity contribution in [1.82, 2.24) is 10.2 Å². The molecule has 7 heteroatoms. The van der Waals surface area contributed by atoms with Crippen LogP contribution in [0.3, 0.4) is 0 Å². The molecule has 2 rings (SSSR count). The lowest BCUT2D eigenvalue weighted by Crippen LogP contribution is -2.50. The van der Waals surface area contributed by atoms with Gasteiger partial charge in [0.1, 0.15) is 23.4 Å². The van der Waals surface area contributed by atoms with E-state index in [4.69, 9.17) is 9.47 Å². The summed E-state index contributed by atoms with van der Waals surface area (Å²) in [7, 11) is 1.57. The Morgan fingerprint density at radius 3 is 2.43 bits per heavy atom. The van der Waals surface area contributed by atoms with Crippen LogP contribution in [0.25, 0.3) is 0 Å². The fraction of sp³-hybridized carbons (Fsp3) is 0.391. The number of amides is 2. The van der Waals surface area contributed by atoms with Crippen molar-refractivity contribution in [2.45, 2.75) is 45.8 Å². The number of hydrogen-bond donors (Lipinski definition) is 1. The Hall–Kier alpha value is -3.09. The zero-order chi connectivity index (χ0) is 22.1. The highest BCUT2D eigenvalue weighted by atomic mass is 19.1. The van der Waals surface area contributed by atoms with E-state index in [1.54, 1.807) is 14.0 Å². The van der Waals surface area contributed by atoms with Crippen LogP contribution in [0.5, 0.6) is 11.5 Å². The average Bonchev–Trinajstić information content (AvgIpc) is 2.76. The number of ether oxygens (including phenoxy) is 2. The first-order chi connectivity index (χ1) is 14.3. The molecule has 0 bridgehead atoms. The topological polar surface area (TPSA) is 67.9 Å². The molecule has 30 heavy (non-hydrogen) atoms. The van der Waals surface area contributed by atoms with Gasteiger partial charge in [0, 0.05) is 12.6 Å². The summed E-state index contributed by atoms with van der Waals surface area (Å²) in [5.74, 6) is 0.0713. The Kier molecular flexibility index (Phi) is 8.65. The minimum absolute atomic E-state index is 0.00388. The molecule has 1 N–H and O–H groups in total. The van der Waals surface area contributed by atoms with Crippen molar-refractivity contribution in [3.63, 3.8) is 0 Å². The van der Waals surface area contributed by atoms with Gasteiger partial charge in [-0.2, -0.15) is 0 Å². The third-order valence-electron chi connectivity index (χ3n) is 4.83. The van der Waals surface area contributed by atoms with Crippen molar-refractivity contribution in [3.8, 4) is 11.5 Å². The van der Waals surface area contributed by atoms with Crippen LogP contribution in [0.1, 0.15) is 32.8 Å². The number of nitrogens with one attached hydrogen (secondary N) is 1.